The number of anilines is 3. The summed E-state index contributed by atoms with van der Waals surface area (Å²) in [5.74, 6) is 0.171. The van der Waals surface area contributed by atoms with E-state index in [1.165, 1.54) is 6.92 Å². The fourth-order valence-corrected chi connectivity index (χ4v) is 2.43. The molecule has 0 aliphatic carbocycles. The molecule has 132 valence electrons. The van der Waals surface area contributed by atoms with Crippen molar-refractivity contribution in [3.8, 4) is 5.75 Å². The van der Waals surface area contributed by atoms with Crippen LogP contribution < -0.4 is 20.7 Å². The molecule has 0 fully saturated rings. The monoisotopic (exact) mass is 361 g/mol. The van der Waals surface area contributed by atoms with E-state index in [4.69, 9.17) is 16.3 Å². The van der Waals surface area contributed by atoms with E-state index in [-0.39, 0.29) is 11.8 Å². The molecule has 0 bridgehead atoms. The van der Waals surface area contributed by atoms with Gasteiger partial charge in [0.15, 0.2) is 0 Å². The van der Waals surface area contributed by atoms with Gasteiger partial charge in [0.05, 0.1) is 23.5 Å². The van der Waals surface area contributed by atoms with Crippen LogP contribution in [0.2, 0.25) is 5.02 Å². The van der Waals surface area contributed by atoms with Crippen LogP contribution in [-0.4, -0.2) is 25.0 Å². The number of hydrogen-bond donors (Lipinski definition) is 3. The summed E-state index contributed by atoms with van der Waals surface area (Å²) in [6.07, 6.45) is 0. The zero-order valence-electron chi connectivity index (χ0n) is 14.2. The molecule has 1 atom stereocenters. The van der Waals surface area contributed by atoms with Gasteiger partial charge in [-0.15, -0.1) is 0 Å². The lowest BCUT2D eigenvalue weighted by Crippen LogP contribution is -2.32. The molecular weight excluding hydrogens is 342 g/mol. The molecule has 0 aliphatic heterocycles. The van der Waals surface area contributed by atoms with Crippen molar-refractivity contribution in [2.45, 2.75) is 19.9 Å². The molecule has 2 aromatic carbocycles. The predicted octanol–water partition coefficient (Wildman–Crippen LogP) is 3.75. The lowest BCUT2D eigenvalue weighted by atomic mass is 10.2. The van der Waals surface area contributed by atoms with Gasteiger partial charge in [0, 0.05) is 12.6 Å². The van der Waals surface area contributed by atoms with Crippen LogP contribution in [-0.2, 0) is 9.59 Å². The fraction of sp³-hybridized carbons (Fsp3) is 0.222. The van der Waals surface area contributed by atoms with E-state index < -0.39 is 6.04 Å². The van der Waals surface area contributed by atoms with E-state index in [2.05, 4.69) is 16.0 Å². The number of amides is 2. The van der Waals surface area contributed by atoms with Gasteiger partial charge >= 0.3 is 0 Å². The summed E-state index contributed by atoms with van der Waals surface area (Å²) in [6.45, 7) is 3.15. The maximum absolute atomic E-state index is 12.4. The van der Waals surface area contributed by atoms with Gasteiger partial charge in [-0.3, -0.25) is 9.59 Å². The molecule has 25 heavy (non-hydrogen) atoms. The van der Waals surface area contributed by atoms with E-state index in [1.807, 2.05) is 12.1 Å². The Bertz CT molecular complexity index is 780. The van der Waals surface area contributed by atoms with Crippen molar-refractivity contribution in [3.63, 3.8) is 0 Å². The van der Waals surface area contributed by atoms with Crippen molar-refractivity contribution in [2.24, 2.45) is 0 Å². The van der Waals surface area contributed by atoms with Gasteiger partial charge in [0.1, 0.15) is 11.8 Å². The Morgan fingerprint density at radius 1 is 1.08 bits per heavy atom. The van der Waals surface area contributed by atoms with Crippen molar-refractivity contribution in [1.82, 2.24) is 0 Å². The maximum atomic E-state index is 12.4. The molecular formula is C18H20ClN3O3. The molecule has 6 nitrogen and oxygen atoms in total. The summed E-state index contributed by atoms with van der Waals surface area (Å²) in [5, 5.41) is 8.90. The number of methoxy groups -OCH3 is 1. The molecule has 0 saturated heterocycles. The average Bonchev–Trinajstić information content (AvgIpc) is 2.57. The minimum atomic E-state index is -0.507. The molecule has 1 unspecified atom stereocenters. The Hall–Kier alpha value is -2.73. The molecule has 0 heterocycles. The number of para-hydroxylation sites is 2. The van der Waals surface area contributed by atoms with Crippen LogP contribution in [0, 0.1) is 0 Å². The fourth-order valence-electron chi connectivity index (χ4n) is 2.20. The highest BCUT2D eigenvalue weighted by atomic mass is 35.5. The predicted molar refractivity (Wildman–Crippen MR) is 100 cm³/mol. The van der Waals surface area contributed by atoms with Gasteiger partial charge in [-0.1, -0.05) is 23.7 Å². The topological polar surface area (TPSA) is 79.5 Å². The standard InChI is InChI=1S/C18H20ClN3O3/c1-11(18(24)22-16-6-4-5-7-17(16)25-3)20-13-8-9-15(14(19)10-13)21-12(2)23/h4-11,20H,1-3H3,(H,21,23)(H,22,24). The Kier molecular flexibility index (Phi) is 6.25. The molecule has 0 saturated carbocycles. The quantitative estimate of drug-likeness (QED) is 0.732. The molecule has 0 aliphatic rings. The van der Waals surface area contributed by atoms with Gasteiger partial charge in [-0.05, 0) is 37.3 Å². The second-order valence-electron chi connectivity index (χ2n) is 5.43. The second-order valence-corrected chi connectivity index (χ2v) is 5.84. The molecule has 7 heteroatoms. The minimum absolute atomic E-state index is 0.202. The van der Waals surface area contributed by atoms with Gasteiger partial charge in [0.25, 0.3) is 0 Å². The summed E-state index contributed by atoms with van der Waals surface area (Å²) in [6, 6.07) is 11.7. The van der Waals surface area contributed by atoms with Crippen LogP contribution in [0.3, 0.4) is 0 Å². The normalized spacial score (nSPS) is 11.4. The zero-order chi connectivity index (χ0) is 18.4. The van der Waals surface area contributed by atoms with Crippen LogP contribution in [0.25, 0.3) is 0 Å². The SMILES string of the molecule is COc1ccccc1NC(=O)C(C)Nc1ccc(NC(C)=O)c(Cl)c1. The molecule has 0 spiro atoms. The maximum Gasteiger partial charge on any atom is 0.246 e. The second kappa shape index (κ2) is 8.39. The molecule has 0 radical (unpaired) electrons. The largest absolute Gasteiger partial charge is 0.495 e. The highest BCUT2D eigenvalue weighted by Gasteiger charge is 2.15. The summed E-state index contributed by atoms with van der Waals surface area (Å²) < 4.78 is 5.22. The Labute approximate surface area is 151 Å². The van der Waals surface area contributed by atoms with Crippen LogP contribution in [0.1, 0.15) is 13.8 Å². The van der Waals surface area contributed by atoms with Crippen LogP contribution in [0.5, 0.6) is 5.75 Å². The van der Waals surface area contributed by atoms with E-state index in [0.29, 0.717) is 27.8 Å². The van der Waals surface area contributed by atoms with Gasteiger partial charge in [-0.2, -0.15) is 0 Å². The number of carbonyl (C=O) groups is 2. The number of nitrogens with one attached hydrogen (secondary N) is 3. The van der Waals surface area contributed by atoms with Gasteiger partial charge in [-0.25, -0.2) is 0 Å². The van der Waals surface area contributed by atoms with E-state index in [0.717, 1.165) is 0 Å². The van der Waals surface area contributed by atoms with E-state index in [1.54, 1.807) is 44.4 Å². The smallest absolute Gasteiger partial charge is 0.246 e. The van der Waals surface area contributed by atoms with Crippen LogP contribution >= 0.6 is 11.6 Å². The van der Waals surface area contributed by atoms with Gasteiger partial charge in [0.2, 0.25) is 11.8 Å². The van der Waals surface area contributed by atoms with Crippen molar-refractivity contribution in [2.75, 3.05) is 23.1 Å². The van der Waals surface area contributed by atoms with E-state index >= 15 is 0 Å². The summed E-state index contributed by atoms with van der Waals surface area (Å²) in [5.41, 5.74) is 1.79. The van der Waals surface area contributed by atoms with Crippen molar-refractivity contribution in [3.05, 3.63) is 47.5 Å². The van der Waals surface area contributed by atoms with Crippen molar-refractivity contribution < 1.29 is 14.3 Å². The molecule has 2 amide bonds. The first-order chi connectivity index (χ1) is 11.9. The Balaban J connectivity index is 2.03. The Morgan fingerprint density at radius 2 is 1.80 bits per heavy atom. The third-order valence-corrected chi connectivity index (χ3v) is 3.73. The van der Waals surface area contributed by atoms with Gasteiger partial charge < -0.3 is 20.7 Å². The molecule has 3 N–H and O–H groups in total. The highest BCUT2D eigenvalue weighted by Crippen LogP contribution is 2.26. The summed E-state index contributed by atoms with van der Waals surface area (Å²) >= 11 is 6.13. The third-order valence-electron chi connectivity index (χ3n) is 3.42. The molecule has 2 rings (SSSR count). The van der Waals surface area contributed by atoms with Crippen molar-refractivity contribution >= 4 is 40.5 Å². The number of rotatable bonds is 6. The van der Waals surface area contributed by atoms with Crippen molar-refractivity contribution in [1.29, 1.82) is 0 Å². The average molecular weight is 362 g/mol. The minimum Gasteiger partial charge on any atom is -0.495 e. The van der Waals surface area contributed by atoms with Crippen LogP contribution in [0.4, 0.5) is 17.1 Å². The summed E-state index contributed by atoms with van der Waals surface area (Å²) in [7, 11) is 1.55. The number of halogens is 1. The van der Waals surface area contributed by atoms with Crippen LogP contribution in [0.15, 0.2) is 42.5 Å². The first-order valence-electron chi connectivity index (χ1n) is 7.68. The van der Waals surface area contributed by atoms with E-state index in [9.17, 15) is 9.59 Å². The lowest BCUT2D eigenvalue weighted by molar-refractivity contribution is -0.116. The highest BCUT2D eigenvalue weighted by molar-refractivity contribution is 6.34. The molecule has 0 aromatic heterocycles. The molecule has 2 aromatic rings. The number of hydrogen-bond acceptors (Lipinski definition) is 4. The lowest BCUT2D eigenvalue weighted by Gasteiger charge is -2.17. The Morgan fingerprint density at radius 3 is 2.44 bits per heavy atom. The number of ether oxygens (including phenoxy) is 1. The zero-order valence-corrected chi connectivity index (χ0v) is 15.0. The number of carbonyl (C=O) groups excluding carboxylic acids is 2. The summed E-state index contributed by atoms with van der Waals surface area (Å²) in [4.78, 5) is 23.5. The first-order valence-corrected chi connectivity index (χ1v) is 8.06. The first kappa shape index (κ1) is 18.6. The number of benzene rings is 2. The third kappa shape index (κ3) is 5.12.